The molecule has 3 rings (SSSR count). The Morgan fingerprint density at radius 2 is 2.05 bits per heavy atom. The van der Waals surface area contributed by atoms with Crippen LogP contribution in [0.5, 0.6) is 5.75 Å². The minimum Gasteiger partial charge on any atom is -0.482 e. The Kier molecular flexibility index (Phi) is 2.68. The molecular weight excluding hydrogens is 265 g/mol. The summed E-state index contributed by atoms with van der Waals surface area (Å²) in [6.07, 6.45) is 0.661. The molecule has 4 heteroatoms. The fourth-order valence-corrected chi connectivity index (χ4v) is 2.58. The first-order chi connectivity index (χ1) is 8.98. The van der Waals surface area contributed by atoms with Crippen molar-refractivity contribution in [2.24, 2.45) is 0 Å². The smallest absolute Gasteiger partial charge is 0.142 e. The van der Waals surface area contributed by atoms with E-state index in [1.165, 1.54) is 6.07 Å². The van der Waals surface area contributed by atoms with Crippen molar-refractivity contribution in [3.63, 3.8) is 0 Å². The van der Waals surface area contributed by atoms with Gasteiger partial charge in [-0.05, 0) is 42.8 Å². The van der Waals surface area contributed by atoms with Gasteiger partial charge in [-0.25, -0.2) is 4.39 Å². The van der Waals surface area contributed by atoms with Gasteiger partial charge >= 0.3 is 0 Å². The van der Waals surface area contributed by atoms with Crippen LogP contribution < -0.4 is 10.5 Å². The number of rotatable bonds is 1. The fourth-order valence-electron chi connectivity index (χ4n) is 2.47. The number of hydrogen-bond donors (Lipinski definition) is 1. The molecule has 2 aromatic rings. The Bertz CT molecular complexity index is 659. The number of ether oxygens (including phenoxy) is 1. The number of benzene rings is 2. The van der Waals surface area contributed by atoms with Gasteiger partial charge in [0, 0.05) is 17.7 Å². The number of halogens is 2. The Balaban J connectivity index is 2.00. The predicted molar refractivity (Wildman–Crippen MR) is 73.9 cm³/mol. The summed E-state index contributed by atoms with van der Waals surface area (Å²) >= 11 is 5.71. The Hall–Kier alpha value is -1.74. The van der Waals surface area contributed by atoms with Gasteiger partial charge in [-0.3, -0.25) is 0 Å². The standard InChI is InChI=1S/C15H13ClFNO/c1-15(10-2-4-12(16)13(17)7-10)8-9-6-11(18)3-5-14(9)19-15/h2-7H,8,18H2,1H3. The van der Waals surface area contributed by atoms with Gasteiger partial charge in [-0.15, -0.1) is 0 Å². The fraction of sp³-hybridized carbons (Fsp3) is 0.200. The van der Waals surface area contributed by atoms with Crippen molar-refractivity contribution >= 4 is 17.3 Å². The van der Waals surface area contributed by atoms with Gasteiger partial charge in [0.25, 0.3) is 0 Å². The van der Waals surface area contributed by atoms with Crippen LogP contribution in [0.3, 0.4) is 0 Å². The van der Waals surface area contributed by atoms with Crippen LogP contribution in [0.2, 0.25) is 5.02 Å². The molecule has 1 unspecified atom stereocenters. The molecule has 0 radical (unpaired) electrons. The number of nitrogens with two attached hydrogens (primary N) is 1. The van der Waals surface area contributed by atoms with Crippen LogP contribution in [0.4, 0.5) is 10.1 Å². The lowest BCUT2D eigenvalue weighted by Gasteiger charge is -2.24. The molecule has 0 saturated carbocycles. The van der Waals surface area contributed by atoms with Crippen molar-refractivity contribution in [2.75, 3.05) is 5.73 Å². The molecule has 1 aliphatic rings. The quantitative estimate of drug-likeness (QED) is 0.802. The molecule has 0 aromatic heterocycles. The lowest BCUT2D eigenvalue weighted by atomic mass is 9.91. The summed E-state index contributed by atoms with van der Waals surface area (Å²) in [5.74, 6) is 0.367. The van der Waals surface area contributed by atoms with Gasteiger partial charge in [-0.2, -0.15) is 0 Å². The second-order valence-corrected chi connectivity index (χ2v) is 5.41. The highest BCUT2D eigenvalue weighted by atomic mass is 35.5. The summed E-state index contributed by atoms with van der Waals surface area (Å²) < 4.78 is 19.6. The summed E-state index contributed by atoms with van der Waals surface area (Å²) in [6.45, 7) is 1.94. The predicted octanol–water partition coefficient (Wildman–Crippen LogP) is 3.91. The van der Waals surface area contributed by atoms with Gasteiger partial charge in [0.05, 0.1) is 5.02 Å². The maximum Gasteiger partial charge on any atom is 0.142 e. The van der Waals surface area contributed by atoms with Gasteiger partial charge in [-0.1, -0.05) is 17.7 Å². The molecule has 0 bridgehead atoms. The molecule has 0 aliphatic carbocycles. The third-order valence-corrected chi connectivity index (χ3v) is 3.78. The number of fused-ring (bicyclic) bond motifs is 1. The van der Waals surface area contributed by atoms with E-state index in [1.54, 1.807) is 18.2 Å². The highest BCUT2D eigenvalue weighted by molar-refractivity contribution is 6.30. The van der Waals surface area contributed by atoms with Crippen molar-refractivity contribution in [1.29, 1.82) is 0 Å². The van der Waals surface area contributed by atoms with Crippen LogP contribution >= 0.6 is 11.6 Å². The van der Waals surface area contributed by atoms with Crippen molar-refractivity contribution < 1.29 is 9.13 Å². The topological polar surface area (TPSA) is 35.2 Å². The SMILES string of the molecule is CC1(c2ccc(Cl)c(F)c2)Cc2cc(N)ccc2O1. The summed E-state index contributed by atoms with van der Waals surface area (Å²) in [5.41, 5.74) is 7.70. The van der Waals surface area contributed by atoms with E-state index in [4.69, 9.17) is 22.1 Å². The van der Waals surface area contributed by atoms with Crippen LogP contribution in [0.25, 0.3) is 0 Å². The first-order valence-electron chi connectivity index (χ1n) is 6.01. The molecule has 1 atom stereocenters. The molecular formula is C15H13ClFNO. The van der Waals surface area contributed by atoms with E-state index in [9.17, 15) is 4.39 Å². The molecule has 2 nitrogen and oxygen atoms in total. The average Bonchev–Trinajstić information content (AvgIpc) is 2.69. The molecule has 0 amide bonds. The minimum atomic E-state index is -0.582. The largest absolute Gasteiger partial charge is 0.482 e. The van der Waals surface area contributed by atoms with Crippen LogP contribution in [0.1, 0.15) is 18.1 Å². The average molecular weight is 278 g/mol. The first-order valence-corrected chi connectivity index (χ1v) is 6.39. The molecule has 2 N–H and O–H groups in total. The van der Waals surface area contributed by atoms with Crippen molar-refractivity contribution in [3.8, 4) is 5.75 Å². The van der Waals surface area contributed by atoms with E-state index in [0.29, 0.717) is 12.1 Å². The second-order valence-electron chi connectivity index (χ2n) is 5.01. The molecule has 0 fully saturated rings. The van der Waals surface area contributed by atoms with Crippen LogP contribution in [0, 0.1) is 5.82 Å². The Morgan fingerprint density at radius 3 is 2.79 bits per heavy atom. The summed E-state index contributed by atoms with van der Waals surface area (Å²) in [6, 6.07) is 10.3. The molecule has 98 valence electrons. The summed E-state index contributed by atoms with van der Waals surface area (Å²) in [5, 5.41) is 0.118. The van der Waals surface area contributed by atoms with E-state index < -0.39 is 11.4 Å². The van der Waals surface area contributed by atoms with Crippen molar-refractivity contribution in [1.82, 2.24) is 0 Å². The monoisotopic (exact) mass is 277 g/mol. The van der Waals surface area contributed by atoms with E-state index in [-0.39, 0.29) is 5.02 Å². The highest BCUT2D eigenvalue weighted by Gasteiger charge is 2.36. The maximum atomic E-state index is 13.6. The third-order valence-electron chi connectivity index (χ3n) is 3.48. The van der Waals surface area contributed by atoms with Crippen LogP contribution in [0.15, 0.2) is 36.4 Å². The molecule has 2 aromatic carbocycles. The van der Waals surface area contributed by atoms with Crippen molar-refractivity contribution in [2.45, 2.75) is 18.9 Å². The third kappa shape index (κ3) is 2.04. The van der Waals surface area contributed by atoms with E-state index >= 15 is 0 Å². The van der Waals surface area contributed by atoms with E-state index in [0.717, 1.165) is 16.9 Å². The molecule has 0 saturated heterocycles. The Morgan fingerprint density at radius 1 is 1.26 bits per heavy atom. The summed E-state index contributed by atoms with van der Waals surface area (Å²) in [4.78, 5) is 0. The van der Waals surface area contributed by atoms with Gasteiger partial charge in [0.15, 0.2) is 0 Å². The van der Waals surface area contributed by atoms with Gasteiger partial charge in [0.2, 0.25) is 0 Å². The lowest BCUT2D eigenvalue weighted by Crippen LogP contribution is -2.27. The zero-order valence-electron chi connectivity index (χ0n) is 10.4. The molecule has 0 spiro atoms. The number of nitrogen functional groups attached to an aromatic ring is 1. The lowest BCUT2D eigenvalue weighted by molar-refractivity contribution is 0.115. The zero-order valence-corrected chi connectivity index (χ0v) is 11.2. The minimum absolute atomic E-state index is 0.118. The normalized spacial score (nSPS) is 21.0. The highest BCUT2D eigenvalue weighted by Crippen LogP contribution is 2.42. The van der Waals surface area contributed by atoms with E-state index in [2.05, 4.69) is 0 Å². The molecule has 1 aliphatic heterocycles. The number of anilines is 1. The molecule has 19 heavy (non-hydrogen) atoms. The van der Waals surface area contributed by atoms with Crippen molar-refractivity contribution in [3.05, 3.63) is 58.4 Å². The van der Waals surface area contributed by atoms with Crippen LogP contribution in [-0.2, 0) is 12.0 Å². The number of hydrogen-bond acceptors (Lipinski definition) is 2. The Labute approximate surface area is 115 Å². The van der Waals surface area contributed by atoms with Crippen LogP contribution in [-0.4, -0.2) is 0 Å². The summed E-state index contributed by atoms with van der Waals surface area (Å²) in [7, 11) is 0. The second kappa shape index (κ2) is 4.14. The molecule has 1 heterocycles. The van der Waals surface area contributed by atoms with Gasteiger partial charge in [0.1, 0.15) is 17.2 Å². The maximum absolute atomic E-state index is 13.6. The first kappa shape index (κ1) is 12.3. The van der Waals surface area contributed by atoms with Gasteiger partial charge < -0.3 is 10.5 Å². The zero-order chi connectivity index (χ0) is 13.6. The van der Waals surface area contributed by atoms with E-state index in [1.807, 2.05) is 19.1 Å².